The smallest absolute Gasteiger partial charge is 0.282 e. The van der Waals surface area contributed by atoms with Gasteiger partial charge in [-0.2, -0.15) is 8.42 Å². The van der Waals surface area contributed by atoms with Gasteiger partial charge in [-0.25, -0.2) is 0 Å². The summed E-state index contributed by atoms with van der Waals surface area (Å²) in [5, 5.41) is 0. The van der Waals surface area contributed by atoms with Crippen LogP contribution in [0.4, 0.5) is 0 Å². The number of benzene rings is 1. The van der Waals surface area contributed by atoms with Gasteiger partial charge in [0.05, 0.1) is 4.90 Å². The fraction of sp³-hybridized carbons (Fsp3) is 0.870. The molecule has 1 rings (SSSR count). The zero-order valence-corrected chi connectivity index (χ0v) is 34.4. The summed E-state index contributed by atoms with van der Waals surface area (Å²) in [6.07, 6.45) is 55.5. The summed E-state index contributed by atoms with van der Waals surface area (Å²) in [4.78, 5) is -0.0204. The second-order valence-corrected chi connectivity index (χ2v) is 17.4. The minimum Gasteiger partial charge on any atom is -0.282 e. The van der Waals surface area contributed by atoms with Crippen molar-refractivity contribution in [2.24, 2.45) is 0 Å². The minimum atomic E-state index is -4.08. The van der Waals surface area contributed by atoms with Crippen LogP contribution in [0.1, 0.15) is 256 Å². The van der Waals surface area contributed by atoms with Gasteiger partial charge in [-0.1, -0.05) is 257 Å². The molecule has 0 amide bonds. The number of hydrogen-bond donors (Lipinski definition) is 1. The molecule has 0 aliphatic heterocycles. The summed E-state index contributed by atoms with van der Waals surface area (Å²) in [6.45, 7) is 2.30. The first-order chi connectivity index (χ1) is 24.5. The SMILES string of the molecule is CCCCCCCCCCCCCCCCCCCCCCCCCCCCCCCCCCCCCCCCc1ccc(S(=O)(=O)O)cc1. The first-order valence-corrected chi connectivity index (χ1v) is 24.0. The maximum Gasteiger partial charge on any atom is 0.294 e. The Morgan fingerprint density at radius 1 is 0.340 bits per heavy atom. The molecule has 294 valence electrons. The molecule has 0 heterocycles. The molecule has 3 nitrogen and oxygen atoms in total. The fourth-order valence-corrected chi connectivity index (χ4v) is 8.07. The van der Waals surface area contributed by atoms with E-state index in [1.54, 1.807) is 0 Å². The first kappa shape index (κ1) is 47.2. The second-order valence-electron chi connectivity index (χ2n) is 16.0. The average Bonchev–Trinajstić information content (AvgIpc) is 3.11. The second kappa shape index (κ2) is 36.5. The highest BCUT2D eigenvalue weighted by Crippen LogP contribution is 2.18. The fourth-order valence-electron chi connectivity index (χ4n) is 7.59. The molecule has 0 radical (unpaired) electrons. The molecule has 1 N–H and O–H groups in total. The maximum absolute atomic E-state index is 11.1. The Balaban J connectivity index is 1.65. The summed E-state index contributed by atoms with van der Waals surface area (Å²) in [5.41, 5.74) is 1.14. The zero-order chi connectivity index (χ0) is 36.1. The molecular weight excluding hydrogens is 633 g/mol. The minimum absolute atomic E-state index is 0.0204. The van der Waals surface area contributed by atoms with Crippen LogP contribution in [0.3, 0.4) is 0 Å². The van der Waals surface area contributed by atoms with Crippen molar-refractivity contribution in [1.82, 2.24) is 0 Å². The number of unbranched alkanes of at least 4 members (excludes halogenated alkanes) is 37. The lowest BCUT2D eigenvalue weighted by Crippen LogP contribution is -1.98. The number of rotatable bonds is 40. The topological polar surface area (TPSA) is 54.4 Å². The Bertz CT molecular complexity index is 910. The van der Waals surface area contributed by atoms with Crippen LogP contribution in [0, 0.1) is 0 Å². The van der Waals surface area contributed by atoms with Crippen LogP contribution in [0.15, 0.2) is 29.2 Å². The van der Waals surface area contributed by atoms with Gasteiger partial charge in [-0.15, -0.1) is 0 Å². The van der Waals surface area contributed by atoms with Gasteiger partial charge in [0, 0.05) is 0 Å². The molecule has 0 spiro atoms. The normalized spacial score (nSPS) is 11.9. The Morgan fingerprint density at radius 2 is 0.540 bits per heavy atom. The third-order valence-corrected chi connectivity index (χ3v) is 11.9. The van der Waals surface area contributed by atoms with Crippen molar-refractivity contribution in [1.29, 1.82) is 0 Å². The molecule has 0 unspecified atom stereocenters. The van der Waals surface area contributed by atoms with Gasteiger partial charge in [0.1, 0.15) is 0 Å². The van der Waals surface area contributed by atoms with Gasteiger partial charge < -0.3 is 0 Å². The molecule has 0 bridgehead atoms. The standard InChI is InChI=1S/C46H86O3S/c1-2-3-4-5-6-7-8-9-10-11-12-13-14-15-16-17-18-19-20-21-22-23-24-25-26-27-28-29-30-31-32-33-34-35-36-37-38-39-40-45-41-43-46(44-42-45)50(47,48)49/h41-44H,2-40H2,1H3,(H,47,48,49). The van der Waals surface area contributed by atoms with Crippen molar-refractivity contribution in [2.45, 2.75) is 262 Å². The van der Waals surface area contributed by atoms with Crippen molar-refractivity contribution in [3.05, 3.63) is 29.8 Å². The Labute approximate surface area is 314 Å². The van der Waals surface area contributed by atoms with E-state index in [-0.39, 0.29) is 4.90 Å². The van der Waals surface area contributed by atoms with Crippen molar-refractivity contribution < 1.29 is 13.0 Å². The van der Waals surface area contributed by atoms with E-state index >= 15 is 0 Å². The Kier molecular flexibility index (Phi) is 34.4. The molecule has 50 heavy (non-hydrogen) atoms. The van der Waals surface area contributed by atoms with Crippen LogP contribution in [-0.4, -0.2) is 13.0 Å². The lowest BCUT2D eigenvalue weighted by atomic mass is 10.0. The number of hydrogen-bond acceptors (Lipinski definition) is 2. The van der Waals surface area contributed by atoms with E-state index in [4.69, 9.17) is 4.55 Å². The van der Waals surface area contributed by atoms with Crippen molar-refractivity contribution in [3.63, 3.8) is 0 Å². The molecule has 0 saturated heterocycles. The molecule has 0 aromatic heterocycles. The van der Waals surface area contributed by atoms with Crippen LogP contribution in [0.5, 0.6) is 0 Å². The monoisotopic (exact) mass is 719 g/mol. The van der Waals surface area contributed by atoms with Gasteiger partial charge >= 0.3 is 0 Å². The van der Waals surface area contributed by atoms with Gasteiger partial charge in [0.25, 0.3) is 10.1 Å². The lowest BCUT2D eigenvalue weighted by molar-refractivity contribution is 0.483. The summed E-state index contributed by atoms with van der Waals surface area (Å²) in [7, 11) is -4.08. The van der Waals surface area contributed by atoms with Crippen LogP contribution < -0.4 is 0 Å². The third kappa shape index (κ3) is 33.0. The van der Waals surface area contributed by atoms with Gasteiger partial charge in [0.2, 0.25) is 0 Å². The highest BCUT2D eigenvalue weighted by molar-refractivity contribution is 7.85. The molecule has 4 heteroatoms. The molecule has 0 atom stereocenters. The highest BCUT2D eigenvalue weighted by atomic mass is 32.2. The first-order valence-electron chi connectivity index (χ1n) is 22.6. The predicted octanol–water partition coefficient (Wildman–Crippen LogP) is 16.3. The summed E-state index contributed by atoms with van der Waals surface area (Å²) < 4.78 is 31.3. The molecule has 0 fully saturated rings. The largest absolute Gasteiger partial charge is 0.294 e. The average molecular weight is 719 g/mol. The van der Waals surface area contributed by atoms with Crippen LogP contribution in [0.25, 0.3) is 0 Å². The van der Waals surface area contributed by atoms with Gasteiger partial charge in [0.15, 0.2) is 0 Å². The Morgan fingerprint density at radius 3 is 0.740 bits per heavy atom. The van der Waals surface area contributed by atoms with Crippen LogP contribution in [-0.2, 0) is 16.5 Å². The summed E-state index contributed by atoms with van der Waals surface area (Å²) in [6, 6.07) is 6.62. The van der Waals surface area contributed by atoms with E-state index in [1.807, 2.05) is 12.1 Å². The van der Waals surface area contributed by atoms with E-state index in [2.05, 4.69) is 6.92 Å². The van der Waals surface area contributed by atoms with Crippen LogP contribution >= 0.6 is 0 Å². The van der Waals surface area contributed by atoms with Crippen LogP contribution in [0.2, 0.25) is 0 Å². The third-order valence-electron chi connectivity index (χ3n) is 11.0. The molecule has 1 aromatic rings. The lowest BCUT2D eigenvalue weighted by Gasteiger charge is -2.05. The van der Waals surface area contributed by atoms with E-state index < -0.39 is 10.1 Å². The van der Waals surface area contributed by atoms with E-state index in [0.29, 0.717) is 0 Å². The van der Waals surface area contributed by atoms with E-state index in [0.717, 1.165) is 18.4 Å². The molecule has 0 aliphatic rings. The number of aryl methyl sites for hydroxylation is 1. The van der Waals surface area contributed by atoms with Gasteiger partial charge in [-0.05, 0) is 30.5 Å². The molecular formula is C46H86O3S. The van der Waals surface area contributed by atoms with E-state index in [1.165, 1.54) is 250 Å². The van der Waals surface area contributed by atoms with Crippen molar-refractivity contribution in [3.8, 4) is 0 Å². The van der Waals surface area contributed by atoms with Gasteiger partial charge in [-0.3, -0.25) is 4.55 Å². The quantitative estimate of drug-likeness (QED) is 0.0543. The molecule has 0 saturated carbocycles. The van der Waals surface area contributed by atoms with Crippen molar-refractivity contribution in [2.75, 3.05) is 0 Å². The summed E-state index contributed by atoms with van der Waals surface area (Å²) in [5.74, 6) is 0. The predicted molar refractivity (Wildman–Crippen MR) is 221 cm³/mol. The van der Waals surface area contributed by atoms with E-state index in [9.17, 15) is 8.42 Å². The molecule has 1 aromatic carbocycles. The zero-order valence-electron chi connectivity index (χ0n) is 33.6. The maximum atomic E-state index is 11.1. The van der Waals surface area contributed by atoms with Crippen molar-refractivity contribution >= 4 is 10.1 Å². The highest BCUT2D eigenvalue weighted by Gasteiger charge is 2.08. The Hall–Kier alpha value is -0.870. The summed E-state index contributed by atoms with van der Waals surface area (Å²) >= 11 is 0. The molecule has 0 aliphatic carbocycles.